The molecule has 38 heavy (non-hydrogen) atoms. The van der Waals surface area contributed by atoms with Gasteiger partial charge in [-0.25, -0.2) is 0 Å². The van der Waals surface area contributed by atoms with Crippen molar-refractivity contribution in [1.82, 2.24) is 5.16 Å². The van der Waals surface area contributed by atoms with Gasteiger partial charge in [-0.3, -0.25) is 14.6 Å². The molecule has 4 rings (SSSR count). The van der Waals surface area contributed by atoms with Gasteiger partial charge in [0.1, 0.15) is 0 Å². The van der Waals surface area contributed by atoms with Gasteiger partial charge in [0.25, 0.3) is 5.91 Å². The number of anilines is 2. The standard InChI is InChI=1S/C26H23ClF3N5O3/c27-21-6-4-17(12-20(21)26(28,29)30)32-15-16(14-31)24(36)19-13-18(35-10-2-1-3-11-35)5-7-22(19)34-25(37)23-8-9-33-38-23/h4-9,12-16,31H,1-3,10-11H2,(H,34,37). The minimum atomic E-state index is -4.68. The second kappa shape index (κ2) is 11.6. The summed E-state index contributed by atoms with van der Waals surface area (Å²) in [4.78, 5) is 32.3. The third-order valence-corrected chi connectivity index (χ3v) is 6.35. The molecule has 1 amide bonds. The number of Topliss-reactive ketones (excluding diaryl/α,β-unsaturated/α-hetero) is 1. The topological polar surface area (TPSA) is 112 Å². The third-order valence-electron chi connectivity index (χ3n) is 6.02. The number of rotatable bonds is 8. The first-order valence-corrected chi connectivity index (χ1v) is 12.1. The molecule has 2 heterocycles. The summed E-state index contributed by atoms with van der Waals surface area (Å²) in [6.45, 7) is 1.62. The Balaban J connectivity index is 1.65. The van der Waals surface area contributed by atoms with Gasteiger partial charge < -0.3 is 20.1 Å². The van der Waals surface area contributed by atoms with Crippen molar-refractivity contribution >= 4 is 52.8 Å². The van der Waals surface area contributed by atoms with Gasteiger partial charge in [0, 0.05) is 42.8 Å². The average Bonchev–Trinajstić information content (AvgIpc) is 3.45. The fraction of sp³-hybridized carbons (Fsp3) is 0.269. The van der Waals surface area contributed by atoms with Gasteiger partial charge in [0.05, 0.1) is 34.1 Å². The summed E-state index contributed by atoms with van der Waals surface area (Å²) in [5, 5.41) is 13.5. The number of alkyl halides is 3. The zero-order valence-electron chi connectivity index (χ0n) is 20.0. The van der Waals surface area contributed by atoms with E-state index in [0.29, 0.717) is 0 Å². The van der Waals surface area contributed by atoms with Crippen LogP contribution < -0.4 is 10.2 Å². The molecule has 2 aromatic carbocycles. The number of hydrogen-bond acceptors (Lipinski definition) is 7. The number of carbonyl (C=O) groups excluding carboxylic acids is 2. The monoisotopic (exact) mass is 545 g/mol. The number of amides is 1. The lowest BCUT2D eigenvalue weighted by Gasteiger charge is -2.29. The first kappa shape index (κ1) is 27.1. The molecule has 1 atom stereocenters. The number of nitrogens with zero attached hydrogens (tertiary/aromatic N) is 3. The van der Waals surface area contributed by atoms with Crippen LogP contribution in [0.3, 0.4) is 0 Å². The largest absolute Gasteiger partial charge is 0.417 e. The maximum atomic E-state index is 13.6. The summed E-state index contributed by atoms with van der Waals surface area (Å²) in [5.74, 6) is -2.46. The van der Waals surface area contributed by atoms with Crippen LogP contribution in [-0.4, -0.2) is 42.4 Å². The molecule has 3 aromatic rings. The predicted molar refractivity (Wildman–Crippen MR) is 138 cm³/mol. The molecule has 0 saturated carbocycles. The fourth-order valence-corrected chi connectivity index (χ4v) is 4.28. The van der Waals surface area contributed by atoms with Crippen molar-refractivity contribution in [1.29, 1.82) is 5.41 Å². The van der Waals surface area contributed by atoms with Crippen molar-refractivity contribution in [3.05, 3.63) is 70.6 Å². The molecule has 1 unspecified atom stereocenters. The van der Waals surface area contributed by atoms with E-state index in [1.807, 2.05) is 0 Å². The Morgan fingerprint density at radius 2 is 1.89 bits per heavy atom. The predicted octanol–water partition coefficient (Wildman–Crippen LogP) is 6.44. The number of ketones is 1. The SMILES string of the molecule is N=CC(C=Nc1ccc(Cl)c(C(F)(F)F)c1)C(=O)c1cc(N2CCCCC2)ccc1NC(=O)c1ccno1. The zero-order valence-corrected chi connectivity index (χ0v) is 20.7. The highest BCUT2D eigenvalue weighted by atomic mass is 35.5. The first-order valence-electron chi connectivity index (χ1n) is 11.7. The van der Waals surface area contributed by atoms with Crippen LogP contribution in [0, 0.1) is 11.3 Å². The molecular weight excluding hydrogens is 523 g/mol. The lowest BCUT2D eigenvalue weighted by Crippen LogP contribution is -2.30. The number of hydrogen-bond donors (Lipinski definition) is 2. The van der Waals surface area contributed by atoms with Crippen molar-refractivity contribution in [3.63, 3.8) is 0 Å². The highest BCUT2D eigenvalue weighted by Crippen LogP contribution is 2.37. The highest BCUT2D eigenvalue weighted by Gasteiger charge is 2.33. The molecule has 1 saturated heterocycles. The lowest BCUT2D eigenvalue weighted by molar-refractivity contribution is -0.137. The van der Waals surface area contributed by atoms with Crippen LogP contribution >= 0.6 is 11.6 Å². The number of aromatic nitrogens is 1. The van der Waals surface area contributed by atoms with Gasteiger partial charge in [-0.15, -0.1) is 0 Å². The van der Waals surface area contributed by atoms with Gasteiger partial charge in [-0.1, -0.05) is 16.8 Å². The van der Waals surface area contributed by atoms with Gasteiger partial charge in [0.2, 0.25) is 5.76 Å². The summed E-state index contributed by atoms with van der Waals surface area (Å²) in [6.07, 6.45) is 1.68. The average molecular weight is 546 g/mol. The number of piperidine rings is 1. The maximum Gasteiger partial charge on any atom is 0.417 e. The number of nitrogens with one attached hydrogen (secondary N) is 2. The van der Waals surface area contributed by atoms with Crippen molar-refractivity contribution in [2.45, 2.75) is 25.4 Å². The second-order valence-electron chi connectivity index (χ2n) is 8.61. The van der Waals surface area contributed by atoms with Gasteiger partial charge in [-0.05, 0) is 55.7 Å². The minimum absolute atomic E-state index is 0.0584. The molecule has 0 aliphatic carbocycles. The molecule has 1 aromatic heterocycles. The van der Waals surface area contributed by atoms with Crippen LogP contribution in [-0.2, 0) is 6.18 Å². The quantitative estimate of drug-likeness (QED) is 0.250. The van der Waals surface area contributed by atoms with E-state index in [0.717, 1.165) is 62.6 Å². The van der Waals surface area contributed by atoms with E-state index >= 15 is 0 Å². The Morgan fingerprint density at radius 1 is 1.13 bits per heavy atom. The molecule has 0 radical (unpaired) electrons. The smallest absolute Gasteiger partial charge is 0.372 e. The number of aliphatic imine (C=N–C) groups is 1. The Bertz CT molecular complexity index is 1350. The molecule has 1 aliphatic rings. The van der Waals surface area contributed by atoms with E-state index < -0.39 is 34.4 Å². The molecule has 1 aliphatic heterocycles. The summed E-state index contributed by atoms with van der Waals surface area (Å²) < 4.78 is 44.5. The fourth-order valence-electron chi connectivity index (χ4n) is 4.05. The Hall–Kier alpha value is -3.99. The summed E-state index contributed by atoms with van der Waals surface area (Å²) >= 11 is 5.66. The highest BCUT2D eigenvalue weighted by molar-refractivity contribution is 6.31. The maximum absolute atomic E-state index is 13.6. The van der Waals surface area contributed by atoms with Gasteiger partial charge in [0.15, 0.2) is 5.78 Å². The van der Waals surface area contributed by atoms with E-state index in [2.05, 4.69) is 20.4 Å². The van der Waals surface area contributed by atoms with Crippen LogP contribution in [0.2, 0.25) is 5.02 Å². The molecule has 12 heteroatoms. The van der Waals surface area contributed by atoms with E-state index in [9.17, 15) is 22.8 Å². The number of halogens is 4. The number of carbonyl (C=O) groups is 2. The van der Waals surface area contributed by atoms with E-state index in [1.165, 1.54) is 18.3 Å². The molecular formula is C26H23ClF3N5O3. The lowest BCUT2D eigenvalue weighted by atomic mass is 9.96. The Labute approximate surface area is 221 Å². The summed E-state index contributed by atoms with van der Waals surface area (Å²) in [6, 6.07) is 9.50. The van der Waals surface area contributed by atoms with Gasteiger partial charge >= 0.3 is 6.18 Å². The zero-order chi connectivity index (χ0) is 27.3. The van der Waals surface area contributed by atoms with Gasteiger partial charge in [-0.2, -0.15) is 13.2 Å². The molecule has 0 bridgehead atoms. The third kappa shape index (κ3) is 6.28. The van der Waals surface area contributed by atoms with E-state index in [1.54, 1.807) is 18.2 Å². The Kier molecular flexibility index (Phi) is 8.26. The van der Waals surface area contributed by atoms with Crippen LogP contribution in [0.5, 0.6) is 0 Å². The Morgan fingerprint density at radius 3 is 2.55 bits per heavy atom. The van der Waals surface area contributed by atoms with Crippen LogP contribution in [0.15, 0.2) is 58.2 Å². The van der Waals surface area contributed by atoms with Crippen LogP contribution in [0.4, 0.5) is 30.2 Å². The van der Waals surface area contributed by atoms with Crippen LogP contribution in [0.1, 0.15) is 45.7 Å². The number of benzene rings is 2. The first-order chi connectivity index (χ1) is 18.2. The van der Waals surface area contributed by atoms with Crippen molar-refractivity contribution in [2.75, 3.05) is 23.3 Å². The summed E-state index contributed by atoms with van der Waals surface area (Å²) in [5.41, 5.74) is -0.0596. The molecule has 8 nitrogen and oxygen atoms in total. The second-order valence-corrected chi connectivity index (χ2v) is 9.01. The van der Waals surface area contributed by atoms with E-state index in [4.69, 9.17) is 21.5 Å². The summed E-state index contributed by atoms with van der Waals surface area (Å²) in [7, 11) is 0. The molecule has 1 fully saturated rings. The van der Waals surface area contributed by atoms with Crippen molar-refractivity contribution < 1.29 is 27.3 Å². The minimum Gasteiger partial charge on any atom is -0.372 e. The van der Waals surface area contributed by atoms with Crippen LogP contribution in [0.25, 0.3) is 0 Å². The molecule has 2 N–H and O–H groups in total. The van der Waals surface area contributed by atoms with E-state index in [-0.39, 0.29) is 22.7 Å². The van der Waals surface area contributed by atoms with Crippen molar-refractivity contribution in [2.24, 2.45) is 10.9 Å². The van der Waals surface area contributed by atoms with Crippen molar-refractivity contribution in [3.8, 4) is 0 Å². The molecule has 0 spiro atoms. The molecule has 198 valence electrons. The normalized spacial score (nSPS) is 14.9.